The monoisotopic (exact) mass is 413 g/mol. The standard InChI is InChI=1S/C21H20ClN3O4/c1-13(2)25(21(26)18-12-27-16-5-3-4-6-17(16)28-18)11-19-23-24-20(29-19)14-7-9-15(22)10-8-14/h3-10,13,18H,11-12H2,1-2H3/t18-/m1/s1. The van der Waals surface area contributed by atoms with Gasteiger partial charge in [0.1, 0.15) is 6.61 Å². The molecule has 150 valence electrons. The number of carbonyl (C=O) groups excluding carboxylic acids is 1. The Balaban J connectivity index is 1.49. The zero-order chi connectivity index (χ0) is 20.4. The summed E-state index contributed by atoms with van der Waals surface area (Å²) in [5.41, 5.74) is 0.760. The molecule has 1 amide bonds. The second-order valence-electron chi connectivity index (χ2n) is 6.93. The molecule has 7 nitrogen and oxygen atoms in total. The van der Waals surface area contributed by atoms with Crippen LogP contribution >= 0.6 is 11.6 Å². The Morgan fingerprint density at radius 2 is 1.86 bits per heavy atom. The number of hydrogen-bond acceptors (Lipinski definition) is 6. The van der Waals surface area contributed by atoms with E-state index in [1.807, 2.05) is 32.0 Å². The Labute approximate surface area is 173 Å². The van der Waals surface area contributed by atoms with Crippen LogP contribution in [0.4, 0.5) is 0 Å². The lowest BCUT2D eigenvalue weighted by atomic mass is 10.2. The van der Waals surface area contributed by atoms with Gasteiger partial charge < -0.3 is 18.8 Å². The Hall–Kier alpha value is -3.06. The maximum absolute atomic E-state index is 13.1. The fourth-order valence-corrected chi connectivity index (χ4v) is 3.14. The number of ether oxygens (including phenoxy) is 2. The van der Waals surface area contributed by atoms with Crippen LogP contribution in [-0.4, -0.2) is 39.8 Å². The van der Waals surface area contributed by atoms with Crippen molar-refractivity contribution in [3.8, 4) is 23.0 Å². The quantitative estimate of drug-likeness (QED) is 0.629. The molecule has 1 atom stereocenters. The molecule has 1 aromatic heterocycles. The zero-order valence-corrected chi connectivity index (χ0v) is 16.8. The maximum Gasteiger partial charge on any atom is 0.267 e. The van der Waals surface area contributed by atoms with Crippen LogP contribution < -0.4 is 9.47 Å². The normalized spacial score (nSPS) is 15.4. The predicted octanol–water partition coefficient (Wildman–Crippen LogP) is 3.97. The number of benzene rings is 2. The van der Waals surface area contributed by atoms with Gasteiger partial charge in [-0.05, 0) is 50.2 Å². The van der Waals surface area contributed by atoms with Crippen molar-refractivity contribution >= 4 is 17.5 Å². The molecule has 0 aliphatic carbocycles. The van der Waals surface area contributed by atoms with Gasteiger partial charge in [-0.25, -0.2) is 0 Å². The van der Waals surface area contributed by atoms with E-state index in [0.717, 1.165) is 5.56 Å². The number of aromatic nitrogens is 2. The van der Waals surface area contributed by atoms with E-state index < -0.39 is 6.10 Å². The third-order valence-electron chi connectivity index (χ3n) is 4.55. The van der Waals surface area contributed by atoms with Gasteiger partial charge >= 0.3 is 0 Å². The summed E-state index contributed by atoms with van der Waals surface area (Å²) >= 11 is 5.92. The van der Waals surface area contributed by atoms with Gasteiger partial charge in [-0.3, -0.25) is 4.79 Å². The first kappa shape index (κ1) is 19.3. The van der Waals surface area contributed by atoms with Gasteiger partial charge in [-0.1, -0.05) is 23.7 Å². The van der Waals surface area contributed by atoms with Crippen LogP contribution in [0.1, 0.15) is 19.7 Å². The van der Waals surface area contributed by atoms with Gasteiger partial charge in [0.15, 0.2) is 11.5 Å². The largest absolute Gasteiger partial charge is 0.485 e. The fraction of sp³-hybridized carbons (Fsp3) is 0.286. The van der Waals surface area contributed by atoms with Crippen molar-refractivity contribution in [3.05, 3.63) is 59.4 Å². The second kappa shape index (κ2) is 8.13. The van der Waals surface area contributed by atoms with Crippen LogP contribution in [0, 0.1) is 0 Å². The maximum atomic E-state index is 13.1. The fourth-order valence-electron chi connectivity index (χ4n) is 3.01. The van der Waals surface area contributed by atoms with E-state index in [9.17, 15) is 4.79 Å². The Morgan fingerprint density at radius 3 is 2.59 bits per heavy atom. The third kappa shape index (κ3) is 4.19. The molecule has 0 radical (unpaired) electrons. The van der Waals surface area contributed by atoms with E-state index in [1.165, 1.54) is 0 Å². The smallest absolute Gasteiger partial charge is 0.267 e. The summed E-state index contributed by atoms with van der Waals surface area (Å²) in [7, 11) is 0. The number of para-hydroxylation sites is 2. The van der Waals surface area contributed by atoms with Crippen LogP contribution in [-0.2, 0) is 11.3 Å². The molecule has 0 bridgehead atoms. The van der Waals surface area contributed by atoms with Crippen LogP contribution in [0.2, 0.25) is 5.02 Å². The van der Waals surface area contributed by atoms with Crippen LogP contribution in [0.3, 0.4) is 0 Å². The lowest BCUT2D eigenvalue weighted by Gasteiger charge is -2.32. The summed E-state index contributed by atoms with van der Waals surface area (Å²) in [5.74, 6) is 1.72. The van der Waals surface area contributed by atoms with Gasteiger partial charge in [-0.15, -0.1) is 10.2 Å². The van der Waals surface area contributed by atoms with Crippen molar-refractivity contribution in [1.29, 1.82) is 0 Å². The molecule has 0 N–H and O–H groups in total. The Kier molecular flexibility index (Phi) is 5.40. The average molecular weight is 414 g/mol. The summed E-state index contributed by atoms with van der Waals surface area (Å²) in [6, 6.07) is 14.3. The van der Waals surface area contributed by atoms with E-state index in [-0.39, 0.29) is 25.1 Å². The first-order valence-electron chi connectivity index (χ1n) is 9.28. The van der Waals surface area contributed by atoms with Gasteiger partial charge in [0.2, 0.25) is 17.9 Å². The SMILES string of the molecule is CC(C)N(Cc1nnc(-c2ccc(Cl)cc2)o1)C(=O)[C@H]1COc2ccccc2O1. The van der Waals surface area contributed by atoms with E-state index >= 15 is 0 Å². The molecule has 4 rings (SSSR count). The van der Waals surface area contributed by atoms with Crippen molar-refractivity contribution in [1.82, 2.24) is 15.1 Å². The number of nitrogens with zero attached hydrogens (tertiary/aromatic N) is 3. The van der Waals surface area contributed by atoms with Gasteiger partial charge in [0.25, 0.3) is 5.91 Å². The number of halogens is 1. The summed E-state index contributed by atoms with van der Waals surface area (Å²) in [6.07, 6.45) is -0.731. The van der Waals surface area contributed by atoms with Crippen LogP contribution in [0.15, 0.2) is 52.9 Å². The van der Waals surface area contributed by atoms with Crippen LogP contribution in [0.25, 0.3) is 11.5 Å². The molecule has 29 heavy (non-hydrogen) atoms. The number of fused-ring (bicyclic) bond motifs is 1. The van der Waals surface area contributed by atoms with E-state index in [4.69, 9.17) is 25.5 Å². The highest BCUT2D eigenvalue weighted by Gasteiger charge is 2.33. The molecule has 0 saturated carbocycles. The minimum atomic E-state index is -0.731. The molecule has 2 heterocycles. The topological polar surface area (TPSA) is 77.7 Å². The Morgan fingerprint density at radius 1 is 1.14 bits per heavy atom. The minimum Gasteiger partial charge on any atom is -0.485 e. The lowest BCUT2D eigenvalue weighted by molar-refractivity contribution is -0.144. The predicted molar refractivity (Wildman–Crippen MR) is 107 cm³/mol. The van der Waals surface area contributed by atoms with Crippen molar-refractivity contribution in [2.45, 2.75) is 32.5 Å². The summed E-state index contributed by atoms with van der Waals surface area (Å²) in [4.78, 5) is 14.7. The van der Waals surface area contributed by atoms with E-state index in [0.29, 0.717) is 28.3 Å². The number of carbonyl (C=O) groups is 1. The molecular weight excluding hydrogens is 394 g/mol. The summed E-state index contributed by atoms with van der Waals surface area (Å²) in [5, 5.41) is 8.79. The molecule has 0 unspecified atom stereocenters. The van der Waals surface area contributed by atoms with Crippen molar-refractivity contribution < 1.29 is 18.7 Å². The van der Waals surface area contributed by atoms with Gasteiger partial charge in [0.05, 0.1) is 6.54 Å². The van der Waals surface area contributed by atoms with Gasteiger partial charge in [-0.2, -0.15) is 0 Å². The number of hydrogen-bond donors (Lipinski definition) is 0. The molecular formula is C21H20ClN3O4. The first-order chi connectivity index (χ1) is 14.0. The minimum absolute atomic E-state index is 0.0887. The lowest BCUT2D eigenvalue weighted by Crippen LogP contribution is -2.48. The van der Waals surface area contributed by atoms with Crippen molar-refractivity contribution in [3.63, 3.8) is 0 Å². The van der Waals surface area contributed by atoms with E-state index in [1.54, 1.807) is 35.2 Å². The highest BCUT2D eigenvalue weighted by molar-refractivity contribution is 6.30. The average Bonchev–Trinajstić information content (AvgIpc) is 3.20. The molecule has 3 aromatic rings. The van der Waals surface area contributed by atoms with Gasteiger partial charge in [0, 0.05) is 16.6 Å². The highest BCUT2D eigenvalue weighted by Crippen LogP contribution is 2.31. The number of rotatable bonds is 5. The molecule has 0 spiro atoms. The summed E-state index contributed by atoms with van der Waals surface area (Å²) < 4.78 is 17.3. The zero-order valence-electron chi connectivity index (χ0n) is 16.0. The second-order valence-corrected chi connectivity index (χ2v) is 7.37. The van der Waals surface area contributed by atoms with Crippen molar-refractivity contribution in [2.24, 2.45) is 0 Å². The molecule has 2 aromatic carbocycles. The third-order valence-corrected chi connectivity index (χ3v) is 4.81. The molecule has 0 fully saturated rings. The highest BCUT2D eigenvalue weighted by atomic mass is 35.5. The molecule has 8 heteroatoms. The van der Waals surface area contributed by atoms with Crippen molar-refractivity contribution in [2.75, 3.05) is 6.61 Å². The molecule has 1 aliphatic rings. The Bertz CT molecular complexity index is 1000. The molecule has 0 saturated heterocycles. The summed E-state index contributed by atoms with van der Waals surface area (Å²) in [6.45, 7) is 4.18. The first-order valence-corrected chi connectivity index (χ1v) is 9.66. The molecule has 1 aliphatic heterocycles. The van der Waals surface area contributed by atoms with Crippen LogP contribution in [0.5, 0.6) is 11.5 Å². The number of amides is 1. The van der Waals surface area contributed by atoms with E-state index in [2.05, 4.69) is 10.2 Å².